The Morgan fingerprint density at radius 3 is 3.06 bits per heavy atom. The second-order valence-corrected chi connectivity index (χ2v) is 5.10. The normalized spacial score (nSPS) is 16.8. The highest BCUT2D eigenvalue weighted by molar-refractivity contribution is 6.20. The van der Waals surface area contributed by atoms with Gasteiger partial charge in [-0.05, 0) is 19.3 Å². The van der Waals surface area contributed by atoms with Crippen LogP contribution in [0.5, 0.6) is 0 Å². The summed E-state index contributed by atoms with van der Waals surface area (Å²) >= 11 is 6.10. The van der Waals surface area contributed by atoms with Crippen LogP contribution in [-0.2, 0) is 0 Å². The van der Waals surface area contributed by atoms with Crippen molar-refractivity contribution in [3.8, 4) is 0 Å². The number of halogens is 1. The molecule has 17 heavy (non-hydrogen) atoms. The molecule has 0 saturated heterocycles. The lowest BCUT2D eigenvalue weighted by Crippen LogP contribution is -2.26. The molecular formula is C12H18ClN3O. The van der Waals surface area contributed by atoms with Gasteiger partial charge >= 0.3 is 0 Å². The molecule has 0 aromatic carbocycles. The van der Waals surface area contributed by atoms with Crippen molar-refractivity contribution in [1.82, 2.24) is 9.55 Å². The topological polar surface area (TPSA) is 46.9 Å². The van der Waals surface area contributed by atoms with Crippen molar-refractivity contribution in [3.05, 3.63) is 22.7 Å². The molecular weight excluding hydrogens is 238 g/mol. The van der Waals surface area contributed by atoms with E-state index in [1.807, 2.05) is 0 Å². The fourth-order valence-corrected chi connectivity index (χ4v) is 2.10. The van der Waals surface area contributed by atoms with Gasteiger partial charge in [0, 0.05) is 25.0 Å². The molecule has 1 fully saturated rings. The molecule has 1 aliphatic rings. The first-order valence-electron chi connectivity index (χ1n) is 6.17. The van der Waals surface area contributed by atoms with Crippen LogP contribution < -0.4 is 10.9 Å². The van der Waals surface area contributed by atoms with Gasteiger partial charge in [-0.15, -0.1) is 11.6 Å². The Kier molecular flexibility index (Phi) is 4.05. The van der Waals surface area contributed by atoms with Crippen LogP contribution in [0.3, 0.4) is 0 Å². The van der Waals surface area contributed by atoms with E-state index in [4.69, 9.17) is 11.6 Å². The highest BCUT2D eigenvalue weighted by Gasteiger charge is 2.25. The average Bonchev–Trinajstić information content (AvgIpc) is 3.12. The molecule has 1 aromatic rings. The highest BCUT2D eigenvalue weighted by Crippen LogP contribution is 2.33. The van der Waals surface area contributed by atoms with Gasteiger partial charge in [-0.1, -0.05) is 13.3 Å². The Hall–Kier alpha value is -1.03. The Bertz CT molecular complexity index is 428. The lowest BCUT2D eigenvalue weighted by atomic mass is 10.2. The zero-order chi connectivity index (χ0) is 12.3. The third-order valence-corrected chi connectivity index (χ3v) is 3.27. The van der Waals surface area contributed by atoms with E-state index < -0.39 is 0 Å². The summed E-state index contributed by atoms with van der Waals surface area (Å²) in [6, 6.07) is 0.383. The van der Waals surface area contributed by atoms with Crippen molar-refractivity contribution < 1.29 is 0 Å². The van der Waals surface area contributed by atoms with Crippen LogP contribution in [0, 0.1) is 0 Å². The molecule has 1 N–H and O–H groups in total. The van der Waals surface area contributed by atoms with E-state index in [1.54, 1.807) is 17.0 Å². The lowest BCUT2D eigenvalue weighted by Gasteiger charge is -2.11. The van der Waals surface area contributed by atoms with Crippen molar-refractivity contribution in [1.29, 1.82) is 0 Å². The molecule has 0 bridgehead atoms. The van der Waals surface area contributed by atoms with E-state index in [0.717, 1.165) is 25.7 Å². The van der Waals surface area contributed by atoms with Gasteiger partial charge in [-0.2, -0.15) is 0 Å². The molecule has 2 rings (SSSR count). The van der Waals surface area contributed by atoms with E-state index in [0.29, 0.717) is 18.4 Å². The van der Waals surface area contributed by atoms with Gasteiger partial charge in [0.1, 0.15) is 0 Å². The summed E-state index contributed by atoms with van der Waals surface area (Å²) in [7, 11) is 0. The third-order valence-electron chi connectivity index (χ3n) is 2.90. The lowest BCUT2D eigenvalue weighted by molar-refractivity contribution is 0.696. The van der Waals surface area contributed by atoms with Crippen molar-refractivity contribution >= 4 is 17.4 Å². The Morgan fingerprint density at radius 2 is 2.41 bits per heavy atom. The van der Waals surface area contributed by atoms with Crippen molar-refractivity contribution in [3.63, 3.8) is 0 Å². The number of alkyl halides is 1. The molecule has 0 spiro atoms. The highest BCUT2D eigenvalue weighted by atomic mass is 35.5. The van der Waals surface area contributed by atoms with Gasteiger partial charge in [-0.25, -0.2) is 4.98 Å². The summed E-state index contributed by atoms with van der Waals surface area (Å²) in [4.78, 5) is 16.1. The molecule has 1 atom stereocenters. The molecule has 0 radical (unpaired) electrons. The second-order valence-electron chi connectivity index (χ2n) is 4.49. The molecule has 5 heteroatoms. The zero-order valence-electron chi connectivity index (χ0n) is 10.0. The quantitative estimate of drug-likeness (QED) is 0.794. The molecule has 0 amide bonds. The predicted molar refractivity (Wildman–Crippen MR) is 69.8 cm³/mol. The number of anilines is 1. The van der Waals surface area contributed by atoms with Gasteiger partial charge < -0.3 is 9.88 Å². The number of nitrogens with one attached hydrogen (secondary N) is 1. The maximum absolute atomic E-state index is 12.0. The van der Waals surface area contributed by atoms with Crippen molar-refractivity contribution in [2.24, 2.45) is 0 Å². The van der Waals surface area contributed by atoms with Gasteiger partial charge in [0.15, 0.2) is 5.82 Å². The van der Waals surface area contributed by atoms with Crippen LogP contribution in [0.2, 0.25) is 0 Å². The summed E-state index contributed by atoms with van der Waals surface area (Å²) in [5.41, 5.74) is -0.0321. The molecule has 1 saturated carbocycles. The minimum atomic E-state index is -0.0321. The maximum Gasteiger partial charge on any atom is 0.293 e. The Morgan fingerprint density at radius 1 is 1.65 bits per heavy atom. The first-order valence-corrected chi connectivity index (χ1v) is 6.61. The SMILES string of the molecule is CCCC(Cl)CNc1nccn(C2CC2)c1=O. The van der Waals surface area contributed by atoms with Crippen LogP contribution in [-0.4, -0.2) is 21.5 Å². The molecule has 1 unspecified atom stereocenters. The largest absolute Gasteiger partial charge is 0.364 e. The summed E-state index contributed by atoms with van der Waals surface area (Å²) in [5, 5.41) is 3.10. The predicted octanol–water partition coefficient (Wildman–Crippen LogP) is 2.40. The van der Waals surface area contributed by atoms with Crippen LogP contribution in [0.1, 0.15) is 38.6 Å². The van der Waals surface area contributed by atoms with Gasteiger partial charge in [-0.3, -0.25) is 4.79 Å². The molecule has 1 heterocycles. The molecule has 1 aliphatic carbocycles. The average molecular weight is 256 g/mol. The summed E-state index contributed by atoms with van der Waals surface area (Å²) in [6.45, 7) is 2.68. The third kappa shape index (κ3) is 3.22. The summed E-state index contributed by atoms with van der Waals surface area (Å²) in [6.07, 6.45) is 7.61. The van der Waals surface area contributed by atoms with Crippen LogP contribution in [0.15, 0.2) is 17.2 Å². The molecule has 0 aliphatic heterocycles. The Labute approximate surface area is 106 Å². The van der Waals surface area contributed by atoms with E-state index in [1.165, 1.54) is 0 Å². The number of hydrogen-bond donors (Lipinski definition) is 1. The van der Waals surface area contributed by atoms with E-state index in [-0.39, 0.29) is 10.9 Å². The smallest absolute Gasteiger partial charge is 0.293 e. The minimum Gasteiger partial charge on any atom is -0.364 e. The number of rotatable bonds is 6. The zero-order valence-corrected chi connectivity index (χ0v) is 10.8. The monoisotopic (exact) mass is 255 g/mol. The molecule has 1 aromatic heterocycles. The first-order chi connectivity index (χ1) is 8.22. The number of aromatic nitrogens is 2. The molecule has 94 valence electrons. The minimum absolute atomic E-state index is 0.0321. The summed E-state index contributed by atoms with van der Waals surface area (Å²) < 4.78 is 1.76. The fourth-order valence-electron chi connectivity index (χ4n) is 1.81. The van der Waals surface area contributed by atoms with Crippen molar-refractivity contribution in [2.45, 2.75) is 44.0 Å². The molecule has 4 nitrogen and oxygen atoms in total. The maximum atomic E-state index is 12.0. The van der Waals surface area contributed by atoms with Crippen LogP contribution >= 0.6 is 11.6 Å². The fraction of sp³-hybridized carbons (Fsp3) is 0.667. The summed E-state index contributed by atoms with van der Waals surface area (Å²) in [5.74, 6) is 0.418. The Balaban J connectivity index is 2.01. The number of hydrogen-bond acceptors (Lipinski definition) is 3. The van der Waals surface area contributed by atoms with E-state index in [2.05, 4.69) is 17.2 Å². The first kappa shape index (κ1) is 12.4. The van der Waals surface area contributed by atoms with Gasteiger partial charge in [0.2, 0.25) is 0 Å². The standard InChI is InChI=1S/C12H18ClN3O/c1-2-3-9(13)8-15-11-12(17)16(7-6-14-11)10-4-5-10/h6-7,9-10H,2-5,8H2,1H3,(H,14,15). The van der Waals surface area contributed by atoms with Crippen LogP contribution in [0.4, 0.5) is 5.82 Å². The van der Waals surface area contributed by atoms with E-state index >= 15 is 0 Å². The second kappa shape index (κ2) is 5.54. The van der Waals surface area contributed by atoms with Gasteiger partial charge in [0.05, 0.1) is 5.38 Å². The number of nitrogens with zero attached hydrogens (tertiary/aromatic N) is 2. The van der Waals surface area contributed by atoms with E-state index in [9.17, 15) is 4.79 Å². The van der Waals surface area contributed by atoms with Gasteiger partial charge in [0.25, 0.3) is 5.56 Å². The van der Waals surface area contributed by atoms with Crippen molar-refractivity contribution in [2.75, 3.05) is 11.9 Å². The van der Waals surface area contributed by atoms with Crippen LogP contribution in [0.25, 0.3) is 0 Å².